The zero-order valence-corrected chi connectivity index (χ0v) is 14.5. The molecule has 25 heavy (non-hydrogen) atoms. The Labute approximate surface area is 146 Å². The van der Waals surface area contributed by atoms with Crippen LogP contribution in [0, 0.1) is 0 Å². The molecule has 0 spiro atoms. The first-order chi connectivity index (χ1) is 12.0. The second-order valence-electron chi connectivity index (χ2n) is 6.30. The van der Waals surface area contributed by atoms with Gasteiger partial charge in [0, 0.05) is 36.3 Å². The Bertz CT molecular complexity index is 1050. The Hall–Kier alpha value is -2.73. The van der Waals surface area contributed by atoms with Gasteiger partial charge in [0.1, 0.15) is 0 Å². The summed E-state index contributed by atoms with van der Waals surface area (Å²) in [5, 5.41) is 6.85. The molecule has 0 atom stereocenters. The van der Waals surface area contributed by atoms with E-state index in [1.165, 1.54) is 17.4 Å². The summed E-state index contributed by atoms with van der Waals surface area (Å²) in [6.07, 6.45) is 10.6. The lowest BCUT2D eigenvalue weighted by Crippen LogP contribution is -1.98. The Balaban J connectivity index is 1.53. The van der Waals surface area contributed by atoms with Gasteiger partial charge in [-0.05, 0) is 53.0 Å². The standard InChI is InChI=1S/C19H17N3O2S/c1-25(23,24)19-4-2-13(3-5-19)6-18-9-15-7-14(8-16(15)10-20-18)17-11-21-22-12-17/h2-5,8-12H,6-7H2,1H3,(H,21,22). The minimum absolute atomic E-state index is 0.340. The second-order valence-corrected chi connectivity index (χ2v) is 8.32. The zero-order valence-electron chi connectivity index (χ0n) is 13.7. The molecule has 1 aliphatic rings. The number of rotatable bonds is 4. The predicted octanol–water partition coefficient (Wildman–Crippen LogP) is 2.90. The van der Waals surface area contributed by atoms with E-state index in [1.54, 1.807) is 12.1 Å². The molecule has 1 aromatic carbocycles. The third-order valence-electron chi connectivity index (χ3n) is 4.40. The smallest absolute Gasteiger partial charge is 0.175 e. The number of aromatic nitrogens is 3. The number of sulfone groups is 1. The van der Waals surface area contributed by atoms with E-state index in [-0.39, 0.29) is 0 Å². The number of hydrogen-bond acceptors (Lipinski definition) is 4. The molecular weight excluding hydrogens is 334 g/mol. The number of benzene rings is 1. The molecule has 0 aliphatic heterocycles. The Morgan fingerprint density at radius 3 is 2.64 bits per heavy atom. The monoisotopic (exact) mass is 351 g/mol. The summed E-state index contributed by atoms with van der Waals surface area (Å²) in [6.45, 7) is 0. The van der Waals surface area contributed by atoms with Crippen LogP contribution in [-0.2, 0) is 22.7 Å². The van der Waals surface area contributed by atoms with E-state index < -0.39 is 9.84 Å². The van der Waals surface area contributed by atoms with Crippen molar-refractivity contribution in [2.24, 2.45) is 0 Å². The van der Waals surface area contributed by atoms with Crippen molar-refractivity contribution >= 4 is 21.5 Å². The fourth-order valence-corrected chi connectivity index (χ4v) is 3.69. The number of allylic oxidation sites excluding steroid dienone is 1. The van der Waals surface area contributed by atoms with Gasteiger partial charge in [-0.1, -0.05) is 12.1 Å². The molecular formula is C19H17N3O2S. The molecule has 2 aromatic heterocycles. The van der Waals surface area contributed by atoms with E-state index in [9.17, 15) is 8.42 Å². The van der Waals surface area contributed by atoms with Gasteiger partial charge in [-0.15, -0.1) is 0 Å². The van der Waals surface area contributed by atoms with Crippen molar-refractivity contribution in [3.05, 3.63) is 76.9 Å². The summed E-state index contributed by atoms with van der Waals surface area (Å²) in [5.74, 6) is 0. The van der Waals surface area contributed by atoms with Gasteiger partial charge in [-0.2, -0.15) is 5.10 Å². The molecule has 0 bridgehead atoms. The molecule has 5 nitrogen and oxygen atoms in total. The fourth-order valence-electron chi connectivity index (χ4n) is 3.06. The van der Waals surface area contributed by atoms with Crippen molar-refractivity contribution in [2.45, 2.75) is 17.7 Å². The average Bonchev–Trinajstić information content (AvgIpc) is 3.23. The normalized spacial score (nSPS) is 13.6. The van der Waals surface area contributed by atoms with Crippen LogP contribution in [0.25, 0.3) is 11.6 Å². The molecule has 6 heteroatoms. The number of hydrogen-bond donors (Lipinski definition) is 1. The maximum Gasteiger partial charge on any atom is 0.175 e. The van der Waals surface area contributed by atoms with Gasteiger partial charge >= 0.3 is 0 Å². The van der Waals surface area contributed by atoms with Gasteiger partial charge in [0.05, 0.1) is 11.1 Å². The predicted molar refractivity (Wildman–Crippen MR) is 96.8 cm³/mol. The SMILES string of the molecule is CS(=O)(=O)c1ccc(Cc2cc3c(cn2)C=C(c2cn[nH]c2)C3)cc1. The molecule has 0 unspecified atom stereocenters. The van der Waals surface area contributed by atoms with Crippen molar-refractivity contribution < 1.29 is 8.42 Å². The van der Waals surface area contributed by atoms with E-state index in [0.717, 1.165) is 28.8 Å². The van der Waals surface area contributed by atoms with E-state index >= 15 is 0 Å². The summed E-state index contributed by atoms with van der Waals surface area (Å²) in [4.78, 5) is 4.89. The highest BCUT2D eigenvalue weighted by Crippen LogP contribution is 2.31. The van der Waals surface area contributed by atoms with Gasteiger partial charge in [0.15, 0.2) is 9.84 Å². The molecule has 0 fully saturated rings. The zero-order chi connectivity index (χ0) is 17.4. The Morgan fingerprint density at radius 1 is 1.16 bits per heavy atom. The van der Waals surface area contributed by atoms with Gasteiger partial charge in [-0.3, -0.25) is 10.1 Å². The molecule has 0 saturated heterocycles. The van der Waals surface area contributed by atoms with Crippen LogP contribution in [0.2, 0.25) is 0 Å². The molecule has 126 valence electrons. The topological polar surface area (TPSA) is 75.7 Å². The van der Waals surface area contributed by atoms with Crippen molar-refractivity contribution in [3.8, 4) is 0 Å². The summed E-state index contributed by atoms with van der Waals surface area (Å²) in [6, 6.07) is 9.12. The van der Waals surface area contributed by atoms with E-state index in [0.29, 0.717) is 11.3 Å². The average molecular weight is 351 g/mol. The molecule has 0 amide bonds. The van der Waals surface area contributed by atoms with Gasteiger partial charge < -0.3 is 0 Å². The molecule has 0 saturated carbocycles. The Kier molecular flexibility index (Phi) is 3.77. The summed E-state index contributed by atoms with van der Waals surface area (Å²) in [5.41, 5.74) is 6.77. The highest BCUT2D eigenvalue weighted by atomic mass is 32.2. The molecule has 3 aromatic rings. The van der Waals surface area contributed by atoms with Crippen LogP contribution in [0.1, 0.15) is 27.9 Å². The summed E-state index contributed by atoms with van der Waals surface area (Å²) < 4.78 is 23.1. The highest BCUT2D eigenvalue weighted by Gasteiger charge is 2.16. The molecule has 0 radical (unpaired) electrons. The van der Waals surface area contributed by atoms with E-state index in [4.69, 9.17) is 0 Å². The maximum absolute atomic E-state index is 11.5. The lowest BCUT2D eigenvalue weighted by Gasteiger charge is -2.05. The molecule has 2 heterocycles. The van der Waals surface area contributed by atoms with Crippen LogP contribution in [0.4, 0.5) is 0 Å². The number of aromatic amines is 1. The molecule has 1 N–H and O–H groups in total. The van der Waals surface area contributed by atoms with E-state index in [2.05, 4.69) is 27.3 Å². The summed E-state index contributed by atoms with van der Waals surface area (Å²) in [7, 11) is -3.16. The highest BCUT2D eigenvalue weighted by molar-refractivity contribution is 7.90. The first kappa shape index (κ1) is 15.8. The third kappa shape index (κ3) is 3.25. The first-order valence-electron chi connectivity index (χ1n) is 7.95. The largest absolute Gasteiger partial charge is 0.285 e. The van der Waals surface area contributed by atoms with Crippen molar-refractivity contribution in [3.63, 3.8) is 0 Å². The minimum Gasteiger partial charge on any atom is -0.285 e. The van der Waals surface area contributed by atoms with Crippen LogP contribution >= 0.6 is 0 Å². The number of nitrogens with one attached hydrogen (secondary N) is 1. The van der Waals surface area contributed by atoms with Crippen LogP contribution in [0.5, 0.6) is 0 Å². The van der Waals surface area contributed by atoms with Crippen molar-refractivity contribution in [2.75, 3.05) is 6.26 Å². The van der Waals surface area contributed by atoms with Crippen molar-refractivity contribution in [1.29, 1.82) is 0 Å². The van der Waals surface area contributed by atoms with Gasteiger partial charge in [0.25, 0.3) is 0 Å². The maximum atomic E-state index is 11.5. The van der Waals surface area contributed by atoms with Gasteiger partial charge in [0.2, 0.25) is 0 Å². The van der Waals surface area contributed by atoms with Gasteiger partial charge in [-0.25, -0.2) is 8.42 Å². The lowest BCUT2D eigenvalue weighted by atomic mass is 10.0. The van der Waals surface area contributed by atoms with Crippen molar-refractivity contribution in [1.82, 2.24) is 15.2 Å². The number of fused-ring (bicyclic) bond motifs is 1. The third-order valence-corrected chi connectivity index (χ3v) is 5.53. The number of pyridine rings is 1. The number of H-pyrrole nitrogens is 1. The minimum atomic E-state index is -3.16. The Morgan fingerprint density at radius 2 is 1.96 bits per heavy atom. The fraction of sp³-hybridized carbons (Fsp3) is 0.158. The van der Waals surface area contributed by atoms with E-state index in [1.807, 2.05) is 30.7 Å². The van der Waals surface area contributed by atoms with Crippen LogP contribution in [0.3, 0.4) is 0 Å². The molecule has 4 rings (SSSR count). The van der Waals surface area contributed by atoms with Crippen LogP contribution in [-0.4, -0.2) is 29.9 Å². The summed E-state index contributed by atoms with van der Waals surface area (Å²) >= 11 is 0. The first-order valence-corrected chi connectivity index (χ1v) is 9.85. The number of nitrogens with zero attached hydrogens (tertiary/aromatic N) is 2. The van der Waals surface area contributed by atoms with Crippen LogP contribution in [0.15, 0.2) is 53.8 Å². The lowest BCUT2D eigenvalue weighted by molar-refractivity contribution is 0.602. The van der Waals surface area contributed by atoms with Crippen LogP contribution < -0.4 is 0 Å². The molecule has 1 aliphatic carbocycles. The quantitative estimate of drug-likeness (QED) is 0.784. The second kappa shape index (κ2) is 5.97.